The van der Waals surface area contributed by atoms with Crippen molar-refractivity contribution in [3.05, 3.63) is 24.0 Å². The minimum Gasteiger partial charge on any atom is -0.373 e. The lowest BCUT2D eigenvalue weighted by atomic mass is 10.1. The molecule has 0 saturated carbocycles. The average molecular weight is 478 g/mol. The monoisotopic (exact) mass is 477 g/mol. The normalized spacial score (nSPS) is 25.5. The van der Waals surface area contributed by atoms with Gasteiger partial charge in [-0.3, -0.25) is 9.80 Å². The van der Waals surface area contributed by atoms with Crippen LogP contribution < -0.4 is 0 Å². The Balaban J connectivity index is 1.57. The van der Waals surface area contributed by atoms with Crippen molar-refractivity contribution in [2.24, 2.45) is 0 Å². The molecule has 0 amide bonds. The number of rotatable bonds is 8. The maximum absolute atomic E-state index is 12.6. The van der Waals surface area contributed by atoms with Crippen LogP contribution >= 0.6 is 0 Å². The van der Waals surface area contributed by atoms with Crippen molar-refractivity contribution < 1.29 is 13.2 Å². The summed E-state index contributed by atoms with van der Waals surface area (Å²) in [5, 5.41) is 0. The number of imidazole rings is 1. The highest BCUT2D eigenvalue weighted by Gasteiger charge is 2.31. The van der Waals surface area contributed by atoms with E-state index < -0.39 is 10.0 Å². The van der Waals surface area contributed by atoms with Crippen LogP contribution in [0.1, 0.15) is 45.9 Å². The van der Waals surface area contributed by atoms with Crippen molar-refractivity contribution in [3.8, 4) is 0 Å². The van der Waals surface area contributed by atoms with Crippen molar-refractivity contribution in [2.75, 3.05) is 40.3 Å². The molecular formula is C24H39N5O3S. The number of fused-ring (bicyclic) bond motifs is 1. The first kappa shape index (κ1) is 24.6. The molecule has 2 aliphatic rings. The molecular weight excluding hydrogens is 438 g/mol. The molecule has 33 heavy (non-hydrogen) atoms. The summed E-state index contributed by atoms with van der Waals surface area (Å²) in [6.07, 6.45) is 3.98. The predicted octanol–water partition coefficient (Wildman–Crippen LogP) is 2.77. The van der Waals surface area contributed by atoms with Gasteiger partial charge in [0.05, 0.1) is 34.7 Å². The second-order valence-electron chi connectivity index (χ2n) is 9.86. The van der Waals surface area contributed by atoms with Gasteiger partial charge in [0.15, 0.2) is 0 Å². The van der Waals surface area contributed by atoms with E-state index in [2.05, 4.69) is 35.1 Å². The lowest BCUT2D eigenvalue weighted by Crippen LogP contribution is -2.50. The van der Waals surface area contributed by atoms with Crippen LogP contribution in [0, 0.1) is 0 Å². The number of hydrogen-bond acceptors (Lipinski definition) is 6. The molecule has 2 aliphatic heterocycles. The molecule has 3 atom stereocenters. The van der Waals surface area contributed by atoms with Gasteiger partial charge < -0.3 is 9.30 Å². The highest BCUT2D eigenvalue weighted by atomic mass is 32.2. The Hall–Kier alpha value is -1.52. The van der Waals surface area contributed by atoms with Crippen LogP contribution in [0.2, 0.25) is 0 Å². The first-order chi connectivity index (χ1) is 15.7. The van der Waals surface area contributed by atoms with Gasteiger partial charge in [-0.05, 0) is 57.9 Å². The third kappa shape index (κ3) is 5.27. The predicted molar refractivity (Wildman–Crippen MR) is 131 cm³/mol. The number of benzene rings is 1. The van der Waals surface area contributed by atoms with Gasteiger partial charge in [0, 0.05) is 46.3 Å². The van der Waals surface area contributed by atoms with E-state index in [0.29, 0.717) is 10.9 Å². The number of aromatic nitrogens is 2. The molecule has 8 nitrogen and oxygen atoms in total. The summed E-state index contributed by atoms with van der Waals surface area (Å²) in [6, 6.07) is 5.85. The lowest BCUT2D eigenvalue weighted by molar-refractivity contribution is -0.0725. The van der Waals surface area contributed by atoms with E-state index in [9.17, 15) is 8.42 Å². The zero-order valence-corrected chi connectivity index (χ0v) is 21.5. The summed E-state index contributed by atoms with van der Waals surface area (Å²) < 4.78 is 34.7. The Bertz CT molecular complexity index is 1060. The van der Waals surface area contributed by atoms with Crippen LogP contribution in [0.25, 0.3) is 11.0 Å². The molecule has 2 fully saturated rings. The molecule has 9 heteroatoms. The number of hydrogen-bond donors (Lipinski definition) is 0. The Morgan fingerprint density at radius 3 is 2.58 bits per heavy atom. The summed E-state index contributed by atoms with van der Waals surface area (Å²) in [6.45, 7) is 12.3. The van der Waals surface area contributed by atoms with Crippen molar-refractivity contribution in [3.63, 3.8) is 0 Å². The maximum Gasteiger partial charge on any atom is 0.242 e. The van der Waals surface area contributed by atoms with E-state index in [-0.39, 0.29) is 12.2 Å². The van der Waals surface area contributed by atoms with Gasteiger partial charge in [-0.25, -0.2) is 17.7 Å². The quantitative estimate of drug-likeness (QED) is 0.582. The highest BCUT2D eigenvalue weighted by Crippen LogP contribution is 2.26. The van der Waals surface area contributed by atoms with E-state index in [4.69, 9.17) is 9.72 Å². The molecule has 1 aromatic heterocycles. The van der Waals surface area contributed by atoms with Gasteiger partial charge >= 0.3 is 0 Å². The molecule has 0 N–H and O–H groups in total. The second-order valence-corrected chi connectivity index (χ2v) is 12.0. The Morgan fingerprint density at radius 1 is 1.18 bits per heavy atom. The van der Waals surface area contributed by atoms with Crippen LogP contribution in [-0.4, -0.2) is 90.6 Å². The summed E-state index contributed by atoms with van der Waals surface area (Å²) in [4.78, 5) is 10.3. The minimum absolute atomic E-state index is 0.282. The molecule has 0 radical (unpaired) electrons. The number of ether oxygens (including phenoxy) is 1. The van der Waals surface area contributed by atoms with Crippen LogP contribution in [0.5, 0.6) is 0 Å². The lowest BCUT2D eigenvalue weighted by Gasteiger charge is -2.38. The molecule has 1 aromatic carbocycles. The van der Waals surface area contributed by atoms with Crippen LogP contribution in [0.15, 0.2) is 23.1 Å². The molecule has 184 valence electrons. The minimum atomic E-state index is -3.48. The standard InChI is InChI=1S/C24H39N5O3S/c1-6-11-29-23-10-9-21(33(30,31)26(4)5)13-22(23)25-24(29)17-28-12-7-8-20(28)16-27-14-18(2)32-19(3)15-27/h9-10,13,18-20H,6-8,11-12,14-17H2,1-5H3/t18-,19+,20-/m1/s1. The topological polar surface area (TPSA) is 70.9 Å². The van der Waals surface area contributed by atoms with Crippen LogP contribution in [0.3, 0.4) is 0 Å². The van der Waals surface area contributed by atoms with E-state index in [1.807, 2.05) is 6.07 Å². The summed E-state index contributed by atoms with van der Waals surface area (Å²) in [7, 11) is -0.364. The Morgan fingerprint density at radius 2 is 1.91 bits per heavy atom. The number of likely N-dealkylation sites (tertiary alicyclic amines) is 1. The number of morpholine rings is 1. The molecule has 4 rings (SSSR count). The average Bonchev–Trinajstić information content (AvgIpc) is 3.31. The highest BCUT2D eigenvalue weighted by molar-refractivity contribution is 7.89. The zero-order chi connectivity index (χ0) is 23.8. The van der Waals surface area contributed by atoms with E-state index in [1.165, 1.54) is 17.1 Å². The molecule has 0 bridgehead atoms. The fraction of sp³-hybridized carbons (Fsp3) is 0.708. The van der Waals surface area contributed by atoms with E-state index in [1.54, 1.807) is 26.2 Å². The fourth-order valence-corrected chi connectivity index (χ4v) is 6.27. The second kappa shape index (κ2) is 10.00. The van der Waals surface area contributed by atoms with Gasteiger partial charge in [0.1, 0.15) is 5.82 Å². The Labute approximate surface area is 198 Å². The van der Waals surface area contributed by atoms with Crippen molar-refractivity contribution >= 4 is 21.1 Å². The molecule has 2 aromatic rings. The fourth-order valence-electron chi connectivity index (χ4n) is 5.35. The van der Waals surface area contributed by atoms with Crippen LogP contribution in [0.4, 0.5) is 0 Å². The van der Waals surface area contributed by atoms with Gasteiger partial charge in [0.2, 0.25) is 10.0 Å². The number of sulfonamides is 1. The van der Waals surface area contributed by atoms with Gasteiger partial charge in [-0.2, -0.15) is 0 Å². The summed E-state index contributed by atoms with van der Waals surface area (Å²) >= 11 is 0. The summed E-state index contributed by atoms with van der Waals surface area (Å²) in [5.41, 5.74) is 1.77. The molecule has 0 spiro atoms. The first-order valence-corrected chi connectivity index (χ1v) is 13.7. The molecule has 0 aliphatic carbocycles. The Kier molecular flexibility index (Phi) is 7.45. The number of nitrogens with zero attached hydrogens (tertiary/aromatic N) is 5. The third-order valence-electron chi connectivity index (χ3n) is 6.83. The van der Waals surface area contributed by atoms with E-state index >= 15 is 0 Å². The molecule has 3 heterocycles. The largest absolute Gasteiger partial charge is 0.373 e. The number of aryl methyl sites for hydroxylation is 1. The zero-order valence-electron chi connectivity index (χ0n) is 20.7. The smallest absolute Gasteiger partial charge is 0.242 e. The maximum atomic E-state index is 12.6. The first-order valence-electron chi connectivity index (χ1n) is 12.2. The van der Waals surface area contributed by atoms with Gasteiger partial charge in [0.25, 0.3) is 0 Å². The van der Waals surface area contributed by atoms with Crippen molar-refractivity contribution in [2.45, 2.75) is 76.3 Å². The summed E-state index contributed by atoms with van der Waals surface area (Å²) in [5.74, 6) is 1.03. The van der Waals surface area contributed by atoms with Crippen molar-refractivity contribution in [1.82, 2.24) is 23.7 Å². The third-order valence-corrected chi connectivity index (χ3v) is 8.64. The SMILES string of the molecule is CCCn1c(CN2CCC[C@@H]2CN2C[C@@H](C)O[C@@H](C)C2)nc2cc(S(=O)(=O)N(C)C)ccc21. The van der Waals surface area contributed by atoms with Crippen LogP contribution in [-0.2, 0) is 27.8 Å². The molecule has 2 saturated heterocycles. The van der Waals surface area contributed by atoms with Gasteiger partial charge in [-0.1, -0.05) is 6.92 Å². The van der Waals surface area contributed by atoms with Gasteiger partial charge in [-0.15, -0.1) is 0 Å². The molecule has 0 unspecified atom stereocenters. The van der Waals surface area contributed by atoms with E-state index in [0.717, 1.165) is 62.5 Å². The van der Waals surface area contributed by atoms with Crippen molar-refractivity contribution in [1.29, 1.82) is 0 Å².